The van der Waals surface area contributed by atoms with E-state index in [0.29, 0.717) is 13.0 Å². The number of hydrogen-bond donors (Lipinski definition) is 4. The van der Waals surface area contributed by atoms with Crippen LogP contribution in [0, 0.1) is 0 Å². The van der Waals surface area contributed by atoms with Gasteiger partial charge in [-0.1, -0.05) is 166 Å². The summed E-state index contributed by atoms with van der Waals surface area (Å²) in [5.74, 6) is -0.408. The number of allylic oxidation sites excluding steroid dienone is 6. The van der Waals surface area contributed by atoms with Crippen molar-refractivity contribution in [1.29, 1.82) is 0 Å². The molecule has 6 unspecified atom stereocenters. The fourth-order valence-corrected chi connectivity index (χ4v) is 7.37. The number of ether oxygens (including phenoxy) is 4. The molecule has 1 rings (SSSR count). The molecule has 0 bridgehead atoms. The topological polar surface area (TPSA) is 178 Å². The van der Waals surface area contributed by atoms with Crippen molar-refractivity contribution in [2.45, 2.75) is 218 Å². The Hall–Kier alpha value is -1.68. The minimum Gasteiger partial charge on any atom is -0.457 e. The fourth-order valence-electron chi connectivity index (χ4n) is 6.86. The van der Waals surface area contributed by atoms with E-state index in [4.69, 9.17) is 23.5 Å². The predicted molar refractivity (Wildman–Crippen MR) is 230 cm³/mol. The van der Waals surface area contributed by atoms with Gasteiger partial charge in [0.25, 0.3) is 0 Å². The largest absolute Gasteiger partial charge is 0.457 e. The summed E-state index contributed by atoms with van der Waals surface area (Å²) >= 11 is 0. The Labute approximate surface area is 352 Å². The molecule has 1 aliphatic heterocycles. The number of carbonyl (C=O) groups excluding carboxylic acids is 1. The third-order valence-corrected chi connectivity index (χ3v) is 10.7. The van der Waals surface area contributed by atoms with Crippen LogP contribution in [0.4, 0.5) is 0 Å². The van der Waals surface area contributed by atoms with Crippen LogP contribution in [0.1, 0.15) is 181 Å². The van der Waals surface area contributed by atoms with Gasteiger partial charge in [-0.2, -0.15) is 8.42 Å². The summed E-state index contributed by atoms with van der Waals surface area (Å²) in [7, 11) is -5.06. The van der Waals surface area contributed by atoms with Crippen molar-refractivity contribution in [2.24, 2.45) is 0 Å². The van der Waals surface area contributed by atoms with Crippen molar-refractivity contribution in [3.63, 3.8) is 0 Å². The highest BCUT2D eigenvalue weighted by Crippen LogP contribution is 2.26. The number of aliphatic hydroxyl groups is 3. The van der Waals surface area contributed by atoms with E-state index >= 15 is 0 Å². The van der Waals surface area contributed by atoms with Crippen LogP contribution >= 0.6 is 0 Å². The summed E-state index contributed by atoms with van der Waals surface area (Å²) in [6.45, 7) is 3.88. The van der Waals surface area contributed by atoms with Crippen LogP contribution in [0.3, 0.4) is 0 Å². The molecule has 0 spiro atoms. The van der Waals surface area contributed by atoms with Gasteiger partial charge in [-0.15, -0.1) is 0 Å². The van der Waals surface area contributed by atoms with Gasteiger partial charge in [0.05, 0.1) is 19.8 Å². The third kappa shape index (κ3) is 30.4. The number of unbranched alkanes of at least 4 members (excludes halogenated alkanes) is 20. The van der Waals surface area contributed by atoms with Crippen LogP contribution in [-0.4, -0.2) is 97.5 Å². The highest BCUT2D eigenvalue weighted by molar-refractivity contribution is 7.80. The molecule has 12 nitrogen and oxygen atoms in total. The van der Waals surface area contributed by atoms with Crippen LogP contribution < -0.4 is 0 Å². The van der Waals surface area contributed by atoms with Crippen molar-refractivity contribution in [2.75, 3.05) is 26.4 Å². The Bertz CT molecular complexity index is 1160. The van der Waals surface area contributed by atoms with Crippen molar-refractivity contribution >= 4 is 16.4 Å². The maximum Gasteiger partial charge on any atom is 0.397 e. The van der Waals surface area contributed by atoms with Gasteiger partial charge in [0.2, 0.25) is 0 Å². The third-order valence-electron chi connectivity index (χ3n) is 10.3. The lowest BCUT2D eigenvalue weighted by Gasteiger charge is -2.41. The molecule has 13 heteroatoms. The maximum absolute atomic E-state index is 12.8. The molecule has 0 aromatic carbocycles. The van der Waals surface area contributed by atoms with Gasteiger partial charge < -0.3 is 34.3 Å². The van der Waals surface area contributed by atoms with Crippen LogP contribution in [0.15, 0.2) is 36.5 Å². The SMILES string of the molecule is CC/C=C\C/C=C\C/C=C\CCCCCCCCCC(=O)OC(COCCCCCCCCCCCCCCCC)COC1OC(CO)C(O)C(OS(=O)(=O)O)C1O. The van der Waals surface area contributed by atoms with E-state index in [1.54, 1.807) is 0 Å². The van der Waals surface area contributed by atoms with E-state index in [0.717, 1.165) is 70.6 Å². The molecule has 0 amide bonds. The molecular formula is C45H82O12S. The highest BCUT2D eigenvalue weighted by atomic mass is 32.3. The summed E-state index contributed by atoms with van der Waals surface area (Å²) in [5.41, 5.74) is 0. The van der Waals surface area contributed by atoms with Crippen LogP contribution in [-0.2, 0) is 38.3 Å². The molecule has 58 heavy (non-hydrogen) atoms. The van der Waals surface area contributed by atoms with E-state index < -0.39 is 59.8 Å². The monoisotopic (exact) mass is 847 g/mol. The molecule has 0 aromatic heterocycles. The van der Waals surface area contributed by atoms with Gasteiger partial charge in [0.1, 0.15) is 30.5 Å². The standard InChI is InChI=1S/C45H82O12S/c1-3-5-7-9-11-13-15-17-19-20-21-22-24-26-28-30-32-34-41(47)55-39(37-53-35-33-31-29-27-25-23-18-16-14-12-10-8-6-4-2)38-54-45-43(49)44(57-58(50,51)52)42(48)40(36-46)56-45/h5,7,11,13,17,19,39-40,42-46,48-49H,3-4,6,8-10,12,14-16,18,20-38H2,1-2H3,(H,50,51,52)/b7-5-,13-11-,19-17-. The molecule has 340 valence electrons. The molecule has 1 heterocycles. The average Bonchev–Trinajstić information content (AvgIpc) is 3.19. The van der Waals surface area contributed by atoms with E-state index in [1.807, 2.05) is 0 Å². The number of hydrogen-bond acceptors (Lipinski definition) is 11. The lowest BCUT2D eigenvalue weighted by Crippen LogP contribution is -2.60. The Balaban J connectivity index is 2.43. The Kier molecular flexibility index (Phi) is 34.8. The summed E-state index contributed by atoms with van der Waals surface area (Å²) in [6, 6.07) is 0. The summed E-state index contributed by atoms with van der Waals surface area (Å²) in [4.78, 5) is 12.8. The molecule has 0 radical (unpaired) electrons. The Morgan fingerprint density at radius 2 is 1.19 bits per heavy atom. The molecule has 0 aliphatic carbocycles. The molecule has 1 fully saturated rings. The Morgan fingerprint density at radius 1 is 0.672 bits per heavy atom. The maximum atomic E-state index is 12.8. The van der Waals surface area contributed by atoms with Gasteiger partial charge in [-0.25, -0.2) is 4.18 Å². The van der Waals surface area contributed by atoms with Crippen LogP contribution in [0.25, 0.3) is 0 Å². The van der Waals surface area contributed by atoms with E-state index in [1.165, 1.54) is 83.5 Å². The lowest BCUT2D eigenvalue weighted by molar-refractivity contribution is -0.301. The quantitative estimate of drug-likeness (QED) is 0.0200. The first kappa shape index (κ1) is 54.3. The van der Waals surface area contributed by atoms with Crippen molar-refractivity contribution < 1.29 is 56.2 Å². The minimum absolute atomic E-state index is 0.0343. The van der Waals surface area contributed by atoms with Crippen molar-refractivity contribution in [3.05, 3.63) is 36.5 Å². The number of aliphatic hydroxyl groups excluding tert-OH is 3. The van der Waals surface area contributed by atoms with Gasteiger partial charge in [0.15, 0.2) is 6.29 Å². The average molecular weight is 847 g/mol. The number of esters is 1. The van der Waals surface area contributed by atoms with Gasteiger partial charge in [-0.05, 0) is 44.9 Å². The zero-order valence-electron chi connectivity index (χ0n) is 36.1. The highest BCUT2D eigenvalue weighted by Gasteiger charge is 2.48. The summed E-state index contributed by atoms with van der Waals surface area (Å²) < 4.78 is 59.0. The number of carbonyl (C=O) groups is 1. The smallest absolute Gasteiger partial charge is 0.397 e. The zero-order valence-corrected chi connectivity index (χ0v) is 36.9. The molecular weight excluding hydrogens is 765 g/mol. The predicted octanol–water partition coefficient (Wildman–Crippen LogP) is 9.41. The molecule has 0 saturated carbocycles. The first-order valence-corrected chi connectivity index (χ1v) is 24.1. The second-order valence-electron chi connectivity index (χ2n) is 15.6. The molecule has 0 aromatic rings. The molecule has 6 atom stereocenters. The van der Waals surface area contributed by atoms with Crippen LogP contribution in [0.5, 0.6) is 0 Å². The Morgan fingerprint density at radius 3 is 1.74 bits per heavy atom. The molecule has 1 aliphatic rings. The van der Waals surface area contributed by atoms with E-state index in [9.17, 15) is 28.5 Å². The first-order valence-electron chi connectivity index (χ1n) is 22.7. The van der Waals surface area contributed by atoms with E-state index in [2.05, 4.69) is 54.5 Å². The first-order chi connectivity index (χ1) is 28.1. The lowest BCUT2D eigenvalue weighted by atomic mass is 9.99. The summed E-state index contributed by atoms with van der Waals surface area (Å²) in [6.07, 6.45) is 33.1. The molecule has 4 N–H and O–H groups in total. The van der Waals surface area contributed by atoms with Gasteiger partial charge in [0, 0.05) is 13.0 Å². The second kappa shape index (κ2) is 37.1. The second-order valence-corrected chi connectivity index (χ2v) is 16.7. The number of rotatable bonds is 39. The summed E-state index contributed by atoms with van der Waals surface area (Å²) in [5, 5.41) is 30.6. The van der Waals surface area contributed by atoms with E-state index in [-0.39, 0.29) is 19.6 Å². The van der Waals surface area contributed by atoms with Crippen molar-refractivity contribution in [3.8, 4) is 0 Å². The zero-order chi connectivity index (χ0) is 42.5. The molecule has 1 saturated heterocycles. The van der Waals surface area contributed by atoms with Gasteiger partial charge in [-0.3, -0.25) is 9.35 Å². The van der Waals surface area contributed by atoms with Crippen molar-refractivity contribution in [1.82, 2.24) is 0 Å². The van der Waals surface area contributed by atoms with Crippen LogP contribution in [0.2, 0.25) is 0 Å². The van der Waals surface area contributed by atoms with Gasteiger partial charge >= 0.3 is 16.4 Å². The fraction of sp³-hybridized carbons (Fsp3) is 0.844. The normalized spacial score (nSPS) is 20.8. The minimum atomic E-state index is -5.06.